The van der Waals surface area contributed by atoms with Gasteiger partial charge in [-0.05, 0) is 74.3 Å². The van der Waals surface area contributed by atoms with Crippen LogP contribution in [0.1, 0.15) is 109 Å². The van der Waals surface area contributed by atoms with Gasteiger partial charge < -0.3 is 58.9 Å². The molecule has 0 amide bonds. The number of nitroso groups, excluding NO2 is 1. The van der Waals surface area contributed by atoms with Crippen LogP contribution in [0.5, 0.6) is 0 Å². The van der Waals surface area contributed by atoms with E-state index in [1.165, 1.54) is 14.0 Å². The Morgan fingerprint density at radius 1 is 0.943 bits per heavy atom. The molecule has 0 bridgehead atoms. The minimum atomic E-state index is -1.83. The standard InChI is InChI=1S/C36H66N2O13.C2H6/c1-13-25-36(10,44)29(40)22(6)38(11)17-18(2)15-34(8,43)31(51-33-27(39)24(37-45)14-19(3)47-33)20(4)28(21(5)32(42)49-25)50-26-16-35(9,46-12)30(41)23(7)48-26;1-2/h18-31,33,39-41,43-44H,13-17H2,1-12H3;1-2H3/t18-,19?,20+,21-,22-,23?,24?,25-,26?,27?,28+,29-,30?,31-,33?,34-,35?,36-;/m1./s1. The van der Waals surface area contributed by atoms with Gasteiger partial charge in [-0.15, -0.1) is 0 Å². The van der Waals surface area contributed by atoms with E-state index in [1.54, 1.807) is 62.4 Å². The van der Waals surface area contributed by atoms with E-state index in [0.29, 0.717) is 6.54 Å². The zero-order chi connectivity index (χ0) is 40.8. The molecule has 3 aliphatic rings. The van der Waals surface area contributed by atoms with Crippen molar-refractivity contribution in [1.29, 1.82) is 0 Å². The third kappa shape index (κ3) is 11.1. The minimum absolute atomic E-state index is 0.0936. The molecule has 15 nitrogen and oxygen atoms in total. The Hall–Kier alpha value is -1.37. The molecule has 0 spiro atoms. The summed E-state index contributed by atoms with van der Waals surface area (Å²) in [6.07, 6.45) is -9.93. The third-order valence-electron chi connectivity index (χ3n) is 11.7. The van der Waals surface area contributed by atoms with E-state index in [0.717, 1.165) is 0 Å². The maximum Gasteiger partial charge on any atom is 0.311 e. The second-order valence-corrected chi connectivity index (χ2v) is 16.3. The first kappa shape index (κ1) is 47.8. The van der Waals surface area contributed by atoms with Gasteiger partial charge in [0, 0.05) is 38.5 Å². The predicted octanol–water partition coefficient (Wildman–Crippen LogP) is 3.13. The summed E-state index contributed by atoms with van der Waals surface area (Å²) in [6, 6.07) is -1.57. The molecule has 53 heavy (non-hydrogen) atoms. The van der Waals surface area contributed by atoms with Gasteiger partial charge in [0.15, 0.2) is 12.6 Å². The molecular formula is C38H72N2O13. The second-order valence-electron chi connectivity index (χ2n) is 16.3. The number of carbonyl (C=O) groups excluding carboxylic acids is 1. The Balaban J connectivity index is 0.00000477. The van der Waals surface area contributed by atoms with E-state index in [9.17, 15) is 35.2 Å². The number of esters is 1. The van der Waals surface area contributed by atoms with Crippen LogP contribution < -0.4 is 0 Å². The molecule has 3 heterocycles. The summed E-state index contributed by atoms with van der Waals surface area (Å²) >= 11 is 0. The van der Waals surface area contributed by atoms with Gasteiger partial charge in [-0.3, -0.25) is 4.79 Å². The summed E-state index contributed by atoms with van der Waals surface area (Å²) in [7, 11) is 3.29. The Bertz CT molecular complexity index is 1150. The molecule has 312 valence electrons. The minimum Gasteiger partial charge on any atom is -0.459 e. The molecule has 18 atom stereocenters. The van der Waals surface area contributed by atoms with Crippen LogP contribution in [0.25, 0.3) is 0 Å². The Morgan fingerprint density at radius 3 is 2.09 bits per heavy atom. The molecule has 0 aromatic heterocycles. The molecule has 3 aliphatic heterocycles. The lowest BCUT2D eigenvalue weighted by Gasteiger charge is -2.48. The number of likely N-dealkylation sites (N-methyl/N-ethyl adjacent to an activating group) is 1. The van der Waals surface area contributed by atoms with Crippen molar-refractivity contribution in [1.82, 2.24) is 4.90 Å². The van der Waals surface area contributed by atoms with Crippen molar-refractivity contribution in [2.45, 2.75) is 199 Å². The number of aliphatic hydroxyl groups is 5. The average Bonchev–Trinajstić information content (AvgIpc) is 3.10. The number of methoxy groups -OCH3 is 1. The van der Waals surface area contributed by atoms with Crippen LogP contribution in [0.2, 0.25) is 0 Å². The molecule has 0 aromatic carbocycles. The van der Waals surface area contributed by atoms with E-state index in [2.05, 4.69) is 5.18 Å². The molecule has 0 saturated carbocycles. The molecule has 3 rings (SSSR count). The number of rotatable bonds is 7. The number of ether oxygens (including phenoxy) is 6. The summed E-state index contributed by atoms with van der Waals surface area (Å²) in [6.45, 7) is 21.4. The summed E-state index contributed by atoms with van der Waals surface area (Å²) in [5, 5.41) is 60.5. The number of aliphatic hydroxyl groups excluding tert-OH is 3. The highest BCUT2D eigenvalue weighted by Gasteiger charge is 2.52. The molecule has 5 N–H and O–H groups in total. The molecule has 15 heteroatoms. The Kier molecular flexibility index (Phi) is 17.7. The van der Waals surface area contributed by atoms with Crippen LogP contribution in [-0.4, -0.2) is 147 Å². The number of hydrogen-bond acceptors (Lipinski definition) is 15. The Morgan fingerprint density at radius 2 is 1.55 bits per heavy atom. The summed E-state index contributed by atoms with van der Waals surface area (Å²) < 4.78 is 36.9. The van der Waals surface area contributed by atoms with Crippen molar-refractivity contribution in [2.24, 2.45) is 22.9 Å². The lowest BCUT2D eigenvalue weighted by molar-refractivity contribution is -0.315. The van der Waals surface area contributed by atoms with Crippen LogP contribution in [0.3, 0.4) is 0 Å². The van der Waals surface area contributed by atoms with E-state index in [4.69, 9.17) is 28.4 Å². The zero-order valence-corrected chi connectivity index (χ0v) is 34.6. The average molecular weight is 765 g/mol. The maximum absolute atomic E-state index is 14.1. The normalized spacial score (nSPS) is 48.4. The Labute approximate surface area is 316 Å². The molecule has 3 saturated heterocycles. The fraction of sp³-hybridized carbons (Fsp3) is 0.974. The van der Waals surface area contributed by atoms with E-state index >= 15 is 0 Å². The highest BCUT2D eigenvalue weighted by Crippen LogP contribution is 2.40. The number of hydrogen-bond donors (Lipinski definition) is 5. The van der Waals surface area contributed by atoms with E-state index in [1.807, 2.05) is 25.7 Å². The lowest BCUT2D eigenvalue weighted by atomic mass is 9.77. The highest BCUT2D eigenvalue weighted by molar-refractivity contribution is 5.73. The fourth-order valence-electron chi connectivity index (χ4n) is 8.33. The first-order valence-electron chi connectivity index (χ1n) is 19.4. The largest absolute Gasteiger partial charge is 0.459 e. The van der Waals surface area contributed by atoms with Crippen LogP contribution in [0, 0.1) is 22.7 Å². The van der Waals surface area contributed by atoms with Crippen LogP contribution in [0.15, 0.2) is 5.18 Å². The smallest absolute Gasteiger partial charge is 0.311 e. The van der Waals surface area contributed by atoms with Gasteiger partial charge in [-0.2, -0.15) is 4.91 Å². The maximum atomic E-state index is 14.1. The second kappa shape index (κ2) is 19.7. The molecular weight excluding hydrogens is 692 g/mol. The van der Waals surface area contributed by atoms with Crippen molar-refractivity contribution in [3.63, 3.8) is 0 Å². The lowest BCUT2D eigenvalue weighted by Crippen LogP contribution is -2.59. The van der Waals surface area contributed by atoms with Crippen molar-refractivity contribution in [2.75, 3.05) is 20.7 Å². The summed E-state index contributed by atoms with van der Waals surface area (Å²) in [4.78, 5) is 27.7. The molecule has 0 radical (unpaired) electrons. The monoisotopic (exact) mass is 765 g/mol. The topological polar surface area (TPSA) is 206 Å². The number of cyclic esters (lactones) is 1. The summed E-state index contributed by atoms with van der Waals surface area (Å²) in [5.74, 6) is -2.83. The summed E-state index contributed by atoms with van der Waals surface area (Å²) in [5.41, 5.74) is -4.52. The van der Waals surface area contributed by atoms with Crippen molar-refractivity contribution in [3.05, 3.63) is 4.91 Å². The molecule has 0 aliphatic carbocycles. The van der Waals surface area contributed by atoms with Crippen LogP contribution >= 0.6 is 0 Å². The van der Waals surface area contributed by atoms with E-state index < -0.39 is 108 Å². The number of carbonyl (C=O) groups is 1. The van der Waals surface area contributed by atoms with Crippen molar-refractivity contribution in [3.8, 4) is 0 Å². The first-order chi connectivity index (χ1) is 24.5. The number of nitrogens with zero attached hydrogens (tertiary/aromatic N) is 2. The quantitative estimate of drug-likeness (QED) is 0.187. The fourth-order valence-corrected chi connectivity index (χ4v) is 8.33. The first-order valence-corrected chi connectivity index (χ1v) is 19.4. The van der Waals surface area contributed by atoms with E-state index in [-0.39, 0.29) is 31.6 Å². The van der Waals surface area contributed by atoms with Gasteiger partial charge in [0.05, 0.1) is 41.5 Å². The molecule has 0 aromatic rings. The highest BCUT2D eigenvalue weighted by atomic mass is 16.7. The van der Waals surface area contributed by atoms with Gasteiger partial charge in [0.1, 0.15) is 36.1 Å². The van der Waals surface area contributed by atoms with Gasteiger partial charge >= 0.3 is 5.97 Å². The van der Waals surface area contributed by atoms with Crippen molar-refractivity contribution < 1.29 is 58.7 Å². The SMILES string of the molecule is CC.CC[C@H]1OC(=O)[C@H](C)[C@@H](OC2CC(C)(OC)C(O)C(C)O2)[C@H](C)[C@@H](OC2OC(C)CC(N=O)C2O)[C@](C)(O)C[C@@H](C)CN(C)[C@H](C)[C@@H](O)[C@]1(C)O. The predicted molar refractivity (Wildman–Crippen MR) is 198 cm³/mol. The van der Waals surface area contributed by atoms with Crippen molar-refractivity contribution >= 4 is 5.97 Å². The van der Waals surface area contributed by atoms with Crippen LogP contribution in [-0.2, 0) is 33.2 Å². The third-order valence-corrected chi connectivity index (χ3v) is 11.7. The molecule has 8 unspecified atom stereocenters. The van der Waals surface area contributed by atoms with Gasteiger partial charge in [-0.1, -0.05) is 39.8 Å². The zero-order valence-electron chi connectivity index (χ0n) is 34.6. The van der Waals surface area contributed by atoms with Gasteiger partial charge in [-0.25, -0.2) is 0 Å². The van der Waals surface area contributed by atoms with Gasteiger partial charge in [0.25, 0.3) is 0 Å². The van der Waals surface area contributed by atoms with Gasteiger partial charge in [0.2, 0.25) is 0 Å². The van der Waals surface area contributed by atoms with Crippen LogP contribution in [0.4, 0.5) is 0 Å². The molecule has 3 fully saturated rings.